The quantitative estimate of drug-likeness (QED) is 0.418. The number of hydrogen-bond donors (Lipinski definition) is 4. The van der Waals surface area contributed by atoms with Crippen LogP contribution >= 0.6 is 0 Å². The lowest BCUT2D eigenvalue weighted by molar-refractivity contribution is -0.266. The fourth-order valence-electron chi connectivity index (χ4n) is 2.42. The van der Waals surface area contributed by atoms with Crippen LogP contribution in [0.2, 0.25) is 0 Å². The van der Waals surface area contributed by atoms with Gasteiger partial charge in [-0.2, -0.15) is 35.1 Å². The lowest BCUT2D eigenvalue weighted by atomic mass is 10.0. The maximum Gasteiger partial charge on any atom is 0.464 e. The van der Waals surface area contributed by atoms with Crippen LogP contribution in [0, 0.1) is 0 Å². The van der Waals surface area contributed by atoms with Gasteiger partial charge in [-0.3, -0.25) is 20.2 Å². The molecule has 0 aliphatic carbocycles. The summed E-state index contributed by atoms with van der Waals surface area (Å²) in [5.74, 6) is -6.47. The predicted molar refractivity (Wildman–Crippen MR) is 88.2 cm³/mol. The number of nitrogens with one attached hydrogen (secondary N) is 3. The van der Waals surface area contributed by atoms with Crippen molar-refractivity contribution in [1.29, 1.82) is 0 Å². The van der Waals surface area contributed by atoms with E-state index in [1.807, 2.05) is 4.98 Å². The number of H-pyrrole nitrogens is 2. The fraction of sp³-hybridized carbons (Fsp3) is 0.312. The zero-order valence-electron chi connectivity index (χ0n) is 14.8. The van der Waals surface area contributed by atoms with Crippen LogP contribution in [-0.4, -0.2) is 27.8 Å². The van der Waals surface area contributed by atoms with E-state index in [2.05, 4.69) is 5.32 Å². The van der Waals surface area contributed by atoms with Gasteiger partial charge in [-0.05, 0) is 24.6 Å². The number of nitrogens with two attached hydrogens (primary N) is 1. The Bertz CT molecular complexity index is 1050. The molecular weight excluding hydrogens is 432 g/mol. The second kappa shape index (κ2) is 7.57. The Morgan fingerprint density at radius 3 is 1.97 bits per heavy atom. The first-order valence-corrected chi connectivity index (χ1v) is 7.93. The number of benzene rings is 1. The Hall–Kier alpha value is -3.19. The SMILES string of the molecule is CC(Nc1[nH]c(=O)[nH]c(=O)c1C(=[NH2+])C(F)(F)C(F)(F)F)c1ccc(C(F)(F)F)cc1. The fourth-order valence-corrected chi connectivity index (χ4v) is 2.42. The van der Waals surface area contributed by atoms with E-state index in [1.165, 1.54) is 11.9 Å². The van der Waals surface area contributed by atoms with E-state index in [-0.39, 0.29) is 5.56 Å². The minimum Gasteiger partial charge on any atom is -0.364 e. The van der Waals surface area contributed by atoms with E-state index in [1.54, 1.807) is 0 Å². The zero-order chi connectivity index (χ0) is 23.1. The molecule has 0 spiro atoms. The number of rotatable bonds is 5. The minimum absolute atomic E-state index is 0.135. The maximum absolute atomic E-state index is 13.6. The van der Waals surface area contributed by atoms with Crippen LogP contribution in [0.15, 0.2) is 33.9 Å². The molecule has 0 aliphatic heterocycles. The van der Waals surface area contributed by atoms with Gasteiger partial charge in [-0.25, -0.2) is 4.79 Å². The van der Waals surface area contributed by atoms with Gasteiger partial charge in [0.1, 0.15) is 5.82 Å². The Balaban J connectivity index is 2.47. The van der Waals surface area contributed by atoms with Crippen molar-refractivity contribution in [2.75, 3.05) is 5.32 Å². The number of hydrogen-bond acceptors (Lipinski definition) is 3. The number of anilines is 1. The molecule has 164 valence electrons. The van der Waals surface area contributed by atoms with Crippen LogP contribution in [0.3, 0.4) is 0 Å². The van der Waals surface area contributed by atoms with Gasteiger partial charge in [0.25, 0.3) is 11.3 Å². The molecule has 5 N–H and O–H groups in total. The van der Waals surface area contributed by atoms with Crippen LogP contribution in [-0.2, 0) is 6.18 Å². The molecule has 0 radical (unpaired) electrons. The topological polar surface area (TPSA) is 103 Å². The van der Waals surface area contributed by atoms with Crippen molar-refractivity contribution in [3.05, 3.63) is 61.8 Å². The minimum atomic E-state index is -6.13. The zero-order valence-corrected chi connectivity index (χ0v) is 14.8. The highest BCUT2D eigenvalue weighted by Crippen LogP contribution is 2.37. The Morgan fingerprint density at radius 2 is 1.50 bits per heavy atom. The molecule has 14 heteroatoms. The highest BCUT2D eigenvalue weighted by Gasteiger charge is 2.65. The van der Waals surface area contributed by atoms with Crippen molar-refractivity contribution in [2.24, 2.45) is 0 Å². The molecule has 0 saturated carbocycles. The maximum atomic E-state index is 13.6. The molecule has 2 aromatic rings. The smallest absolute Gasteiger partial charge is 0.364 e. The molecule has 0 bridgehead atoms. The van der Waals surface area contributed by atoms with Gasteiger partial charge in [-0.15, -0.1) is 0 Å². The summed E-state index contributed by atoms with van der Waals surface area (Å²) in [5.41, 5.74) is -7.25. The third-order valence-electron chi connectivity index (χ3n) is 4.01. The number of aromatic nitrogens is 2. The summed E-state index contributed by atoms with van der Waals surface area (Å²) >= 11 is 0. The molecule has 2 rings (SSSR count). The van der Waals surface area contributed by atoms with Crippen LogP contribution in [0.25, 0.3) is 0 Å². The third-order valence-corrected chi connectivity index (χ3v) is 4.01. The first kappa shape index (κ1) is 23.1. The number of aromatic amines is 2. The standard InChI is InChI=1S/C16H12F8N4O2/c1-6(7-2-4-8(5-3-7)15(19,20)21)26-11-9(12(29)28-13(30)27-11)10(25)14(17,18)16(22,23)24/h2-6,25H,1H3,(H3,26,27,28,29,30)/p+1. The van der Waals surface area contributed by atoms with E-state index < -0.39 is 58.2 Å². The van der Waals surface area contributed by atoms with Gasteiger partial charge in [-0.1, -0.05) is 12.1 Å². The lowest BCUT2D eigenvalue weighted by Crippen LogP contribution is -2.59. The summed E-state index contributed by atoms with van der Waals surface area (Å²) in [4.78, 5) is 26.7. The molecule has 0 aliphatic rings. The summed E-state index contributed by atoms with van der Waals surface area (Å²) in [7, 11) is 0. The molecule has 6 nitrogen and oxygen atoms in total. The van der Waals surface area contributed by atoms with Gasteiger partial charge < -0.3 is 5.32 Å². The van der Waals surface area contributed by atoms with Gasteiger partial charge in [0.05, 0.1) is 5.56 Å². The molecule has 1 heterocycles. The molecular formula is C16H13F8N4O2+. The Kier molecular flexibility index (Phi) is 5.83. The Morgan fingerprint density at radius 1 is 0.967 bits per heavy atom. The number of alkyl halides is 8. The van der Waals surface area contributed by atoms with E-state index in [9.17, 15) is 44.7 Å². The molecule has 1 aromatic heterocycles. The largest absolute Gasteiger partial charge is 0.464 e. The second-order valence-corrected chi connectivity index (χ2v) is 6.13. The molecule has 1 unspecified atom stereocenters. The molecule has 0 amide bonds. The normalized spacial score (nSPS) is 13.8. The number of halogens is 8. The van der Waals surface area contributed by atoms with E-state index in [4.69, 9.17) is 5.41 Å². The van der Waals surface area contributed by atoms with Crippen LogP contribution < -0.4 is 22.0 Å². The third kappa shape index (κ3) is 4.52. The van der Waals surface area contributed by atoms with Gasteiger partial charge in [0, 0.05) is 6.04 Å². The van der Waals surface area contributed by atoms with E-state index in [0.29, 0.717) is 12.1 Å². The van der Waals surface area contributed by atoms with Crippen LogP contribution in [0.4, 0.5) is 40.9 Å². The van der Waals surface area contributed by atoms with Crippen molar-refractivity contribution in [3.8, 4) is 0 Å². The lowest BCUT2D eigenvalue weighted by Gasteiger charge is -2.20. The summed E-state index contributed by atoms with van der Waals surface area (Å²) in [6, 6.07) is 2.43. The highest BCUT2D eigenvalue weighted by molar-refractivity contribution is 6.05. The highest BCUT2D eigenvalue weighted by atomic mass is 19.4. The van der Waals surface area contributed by atoms with Crippen molar-refractivity contribution in [1.82, 2.24) is 9.97 Å². The average Bonchev–Trinajstić information content (AvgIpc) is 2.59. The van der Waals surface area contributed by atoms with Crippen molar-refractivity contribution in [2.45, 2.75) is 31.2 Å². The van der Waals surface area contributed by atoms with Gasteiger partial charge in [0.15, 0.2) is 5.56 Å². The molecule has 1 aromatic carbocycles. The van der Waals surface area contributed by atoms with Crippen molar-refractivity contribution < 1.29 is 40.5 Å². The summed E-state index contributed by atoms with van der Waals surface area (Å²) in [6.45, 7) is 1.30. The first-order valence-electron chi connectivity index (χ1n) is 7.93. The summed E-state index contributed by atoms with van der Waals surface area (Å²) in [6.07, 6.45) is -10.7. The Labute approximate surface area is 161 Å². The predicted octanol–water partition coefficient (Wildman–Crippen LogP) is 2.00. The molecule has 1 atom stereocenters. The molecule has 0 saturated heterocycles. The molecule has 30 heavy (non-hydrogen) atoms. The van der Waals surface area contributed by atoms with Crippen molar-refractivity contribution >= 4 is 11.5 Å². The first-order chi connectivity index (χ1) is 13.6. The van der Waals surface area contributed by atoms with Gasteiger partial charge >= 0.3 is 24.0 Å². The summed E-state index contributed by atoms with van der Waals surface area (Å²) in [5, 5.41) is 7.25. The second-order valence-electron chi connectivity index (χ2n) is 6.13. The molecule has 0 fully saturated rings. The van der Waals surface area contributed by atoms with Crippen molar-refractivity contribution in [3.63, 3.8) is 0 Å². The monoisotopic (exact) mass is 445 g/mol. The van der Waals surface area contributed by atoms with Gasteiger partial charge in [0.2, 0.25) is 0 Å². The van der Waals surface area contributed by atoms with Crippen LogP contribution in [0.5, 0.6) is 0 Å². The average molecular weight is 445 g/mol. The van der Waals surface area contributed by atoms with E-state index in [0.717, 1.165) is 12.1 Å². The van der Waals surface area contributed by atoms with Crippen LogP contribution in [0.1, 0.15) is 29.7 Å². The summed E-state index contributed by atoms with van der Waals surface area (Å²) < 4.78 is 103. The van der Waals surface area contributed by atoms with E-state index >= 15 is 0 Å².